The molecule has 0 spiro atoms. The van der Waals surface area contributed by atoms with Gasteiger partial charge in [0.05, 0.1) is 55.6 Å². The number of aryl methyl sites for hydroxylation is 2. The molecule has 2 atom stereocenters. The smallest absolute Gasteiger partial charge is 0.305 e. The van der Waals surface area contributed by atoms with E-state index in [1.807, 2.05) is 41.5 Å². The largest absolute Gasteiger partial charge is 0.481 e. The summed E-state index contributed by atoms with van der Waals surface area (Å²) in [7, 11) is 0. The zero-order valence-corrected chi connectivity index (χ0v) is 32.7. The number of hydrogen-bond donors (Lipinski definition) is 4. The Morgan fingerprint density at radius 2 is 1.42 bits per heavy atom. The fourth-order valence-electron chi connectivity index (χ4n) is 5.81. The van der Waals surface area contributed by atoms with E-state index < -0.39 is 35.6 Å². The van der Waals surface area contributed by atoms with Crippen LogP contribution in [0.5, 0.6) is 11.5 Å². The Balaban J connectivity index is 0.000000209. The average Bonchev–Trinajstić information content (AvgIpc) is 3.17. The summed E-state index contributed by atoms with van der Waals surface area (Å²) >= 11 is 0. The summed E-state index contributed by atoms with van der Waals surface area (Å²) in [5, 5.41) is 30.0. The molecule has 4 heterocycles. The molecule has 57 heavy (non-hydrogen) atoms. The normalized spacial score (nSPS) is 15.3. The highest BCUT2D eigenvalue weighted by Gasteiger charge is 2.32. The van der Waals surface area contributed by atoms with Crippen LogP contribution in [0.1, 0.15) is 108 Å². The number of benzene rings is 2. The van der Waals surface area contributed by atoms with Crippen LogP contribution in [0.2, 0.25) is 0 Å². The van der Waals surface area contributed by atoms with Crippen LogP contribution >= 0.6 is 0 Å². The van der Waals surface area contributed by atoms with Gasteiger partial charge in [0, 0.05) is 75.4 Å². The minimum atomic E-state index is -0.924. The molecule has 0 amide bonds. The van der Waals surface area contributed by atoms with Gasteiger partial charge in [-0.1, -0.05) is 36.4 Å². The number of aldehydes is 1. The van der Waals surface area contributed by atoms with E-state index in [0.29, 0.717) is 42.3 Å². The summed E-state index contributed by atoms with van der Waals surface area (Å²) in [6, 6.07) is 14.7. The standard InChI is InChI=1S/C21H23N3O4.C11H13NO3.C10H10N2O2/c1-13-20-17(12-27-21(2,3)28-20)16(10-23-13)11-24-18(8-19(25)26)15-6-4-14(9-22)5-7-15;1-7-10-9(8(5-13)4-12-7)6-14-11(2,3)15-10;1-12-8-4-2-7(3-5-8)9(11)6-10(13)14/h4-7,10,18,24H,8,11-12H2,1-3H3,(H,25,26);4-5H,6H2,1-3H3;2-5,9H,6,11H2,(H,13,14)/t;;9-/m..1/s1. The molecule has 0 fully saturated rings. The van der Waals surface area contributed by atoms with E-state index in [-0.39, 0.29) is 12.8 Å². The second kappa shape index (κ2) is 19.1. The summed E-state index contributed by atoms with van der Waals surface area (Å²) in [4.78, 5) is 44.3. The van der Waals surface area contributed by atoms with Crippen LogP contribution in [0, 0.1) is 31.8 Å². The van der Waals surface area contributed by atoms with Gasteiger partial charge in [-0.25, -0.2) is 4.85 Å². The zero-order chi connectivity index (χ0) is 41.9. The number of aliphatic carboxylic acids is 2. The van der Waals surface area contributed by atoms with Gasteiger partial charge in [0.2, 0.25) is 11.6 Å². The first-order chi connectivity index (χ1) is 26.9. The summed E-state index contributed by atoms with van der Waals surface area (Å²) in [5.41, 5.74) is 13.0. The lowest BCUT2D eigenvalue weighted by atomic mass is 10.0. The molecule has 5 N–H and O–H groups in total. The minimum absolute atomic E-state index is 0.0760. The first kappa shape index (κ1) is 43.5. The van der Waals surface area contributed by atoms with Crippen molar-refractivity contribution in [1.82, 2.24) is 15.3 Å². The summed E-state index contributed by atoms with van der Waals surface area (Å²) in [5.74, 6) is -1.79. The molecule has 2 aliphatic rings. The molecular formula is C42H46N6O9. The molecule has 6 rings (SSSR count). The van der Waals surface area contributed by atoms with E-state index in [1.165, 1.54) is 0 Å². The molecule has 2 aromatic heterocycles. The minimum Gasteiger partial charge on any atom is -0.481 e. The van der Waals surface area contributed by atoms with Crippen molar-refractivity contribution in [3.63, 3.8) is 0 Å². The maximum Gasteiger partial charge on any atom is 0.305 e. The Hall–Kier alpha value is -6.23. The fraction of sp³-hybridized carbons (Fsp3) is 0.357. The lowest BCUT2D eigenvalue weighted by molar-refractivity contribution is -0.181. The number of ether oxygens (including phenoxy) is 4. The highest BCUT2D eigenvalue weighted by Crippen LogP contribution is 2.36. The number of hydrogen-bond acceptors (Lipinski definition) is 12. The van der Waals surface area contributed by atoms with E-state index in [2.05, 4.69) is 26.2 Å². The number of nitriles is 1. The van der Waals surface area contributed by atoms with Crippen molar-refractivity contribution in [3.05, 3.63) is 123 Å². The molecule has 2 aliphatic heterocycles. The van der Waals surface area contributed by atoms with Gasteiger partial charge in [-0.2, -0.15) is 5.26 Å². The number of rotatable bonds is 10. The topological polar surface area (TPSA) is 221 Å². The SMILES string of the molecule is Cc1ncc(C=O)c2c1OC(C)(C)OC2.Cc1ncc(CNC(CC(=O)O)c2ccc(C#N)cc2)c2c1OC(C)(C)OC2.[C-]#[N+]c1ccc([C@H](N)CC(=O)O)cc1. The molecule has 0 aliphatic carbocycles. The summed E-state index contributed by atoms with van der Waals surface area (Å²) in [6.07, 6.45) is 3.91. The van der Waals surface area contributed by atoms with Crippen LogP contribution < -0.4 is 20.5 Å². The third kappa shape index (κ3) is 12.1. The number of nitrogens with two attached hydrogens (primary N) is 1. The van der Waals surface area contributed by atoms with Crippen LogP contribution in [-0.2, 0) is 38.8 Å². The van der Waals surface area contributed by atoms with Gasteiger partial charge in [0.25, 0.3) is 0 Å². The van der Waals surface area contributed by atoms with E-state index in [9.17, 15) is 19.5 Å². The Bertz CT molecular complexity index is 2160. The molecule has 0 bridgehead atoms. The first-order valence-electron chi connectivity index (χ1n) is 17.9. The third-order valence-electron chi connectivity index (χ3n) is 8.91. The van der Waals surface area contributed by atoms with Crippen molar-refractivity contribution in [2.24, 2.45) is 5.73 Å². The molecule has 4 aromatic rings. The monoisotopic (exact) mass is 778 g/mol. The van der Waals surface area contributed by atoms with E-state index in [1.54, 1.807) is 60.9 Å². The van der Waals surface area contributed by atoms with Crippen molar-refractivity contribution in [2.75, 3.05) is 0 Å². The number of carboxylic acid groups (broad SMARTS) is 2. The van der Waals surface area contributed by atoms with Crippen LogP contribution in [0.4, 0.5) is 5.69 Å². The number of carboxylic acids is 2. The van der Waals surface area contributed by atoms with E-state index >= 15 is 0 Å². The number of nitrogens with zero attached hydrogens (tertiary/aromatic N) is 4. The Morgan fingerprint density at radius 3 is 1.95 bits per heavy atom. The van der Waals surface area contributed by atoms with Crippen molar-refractivity contribution < 1.29 is 43.5 Å². The molecular weight excluding hydrogens is 732 g/mol. The van der Waals surface area contributed by atoms with Crippen LogP contribution in [-0.4, -0.2) is 50.0 Å². The molecule has 2 aromatic carbocycles. The summed E-state index contributed by atoms with van der Waals surface area (Å²) in [6.45, 7) is 19.1. The van der Waals surface area contributed by atoms with Crippen molar-refractivity contribution in [2.45, 2.75) is 97.8 Å². The molecule has 0 saturated heterocycles. The Kier molecular flexibility index (Phi) is 14.6. The number of carbonyl (C=O) groups is 3. The third-order valence-corrected chi connectivity index (χ3v) is 8.91. The number of fused-ring (bicyclic) bond motifs is 2. The lowest BCUT2D eigenvalue weighted by Crippen LogP contribution is -2.36. The van der Waals surface area contributed by atoms with Gasteiger partial charge in [-0.05, 0) is 42.7 Å². The maximum atomic E-state index is 11.3. The van der Waals surface area contributed by atoms with Gasteiger partial charge in [0.15, 0.2) is 17.7 Å². The highest BCUT2D eigenvalue weighted by molar-refractivity contribution is 5.78. The van der Waals surface area contributed by atoms with Crippen molar-refractivity contribution in [3.8, 4) is 17.6 Å². The summed E-state index contributed by atoms with van der Waals surface area (Å²) < 4.78 is 22.8. The molecule has 0 saturated carbocycles. The highest BCUT2D eigenvalue weighted by atomic mass is 16.7. The van der Waals surface area contributed by atoms with Gasteiger partial charge >= 0.3 is 11.9 Å². The van der Waals surface area contributed by atoms with E-state index in [0.717, 1.165) is 51.2 Å². The Labute approximate surface area is 331 Å². The molecule has 15 nitrogen and oxygen atoms in total. The number of aromatic nitrogens is 2. The van der Waals surface area contributed by atoms with Crippen LogP contribution in [0.25, 0.3) is 4.85 Å². The molecule has 1 unspecified atom stereocenters. The number of carbonyl (C=O) groups excluding carboxylic acids is 1. The number of nitrogens with one attached hydrogen (secondary N) is 1. The zero-order valence-electron chi connectivity index (χ0n) is 32.7. The predicted molar refractivity (Wildman–Crippen MR) is 207 cm³/mol. The van der Waals surface area contributed by atoms with Crippen LogP contribution in [0.3, 0.4) is 0 Å². The molecule has 15 heteroatoms. The lowest BCUT2D eigenvalue weighted by Gasteiger charge is -2.34. The van der Waals surface area contributed by atoms with Crippen LogP contribution in [0.15, 0.2) is 60.9 Å². The predicted octanol–water partition coefficient (Wildman–Crippen LogP) is 6.77. The van der Waals surface area contributed by atoms with Crippen molar-refractivity contribution in [1.29, 1.82) is 5.26 Å². The van der Waals surface area contributed by atoms with Gasteiger partial charge in [-0.15, -0.1) is 0 Å². The maximum absolute atomic E-state index is 11.3. The van der Waals surface area contributed by atoms with Gasteiger partial charge < -0.3 is 40.2 Å². The number of pyridine rings is 2. The second-order valence-corrected chi connectivity index (χ2v) is 14.2. The quantitative estimate of drug-likeness (QED) is 0.0964. The Morgan fingerprint density at radius 1 is 0.895 bits per heavy atom. The van der Waals surface area contributed by atoms with E-state index in [4.69, 9.17) is 41.6 Å². The second-order valence-electron chi connectivity index (χ2n) is 14.2. The van der Waals surface area contributed by atoms with Gasteiger partial charge in [-0.3, -0.25) is 24.4 Å². The fourth-order valence-corrected chi connectivity index (χ4v) is 5.81. The molecule has 0 radical (unpaired) electrons. The van der Waals surface area contributed by atoms with Crippen molar-refractivity contribution >= 4 is 23.9 Å². The average molecular weight is 779 g/mol. The first-order valence-corrected chi connectivity index (χ1v) is 17.9. The van der Waals surface area contributed by atoms with Gasteiger partial charge in [0.1, 0.15) is 5.75 Å². The molecule has 298 valence electrons.